The van der Waals surface area contributed by atoms with Gasteiger partial charge in [0.15, 0.2) is 11.6 Å². The SMILES string of the molecule is O=C(O)c1cc(/C=C/c2ccc(F)c(F)c2)nc2cc(F)ccc12. The van der Waals surface area contributed by atoms with Gasteiger partial charge in [0.25, 0.3) is 0 Å². The van der Waals surface area contributed by atoms with Gasteiger partial charge in [-0.05, 0) is 42.0 Å². The molecule has 1 N–H and O–H groups in total. The first kappa shape index (κ1) is 15.7. The highest BCUT2D eigenvalue weighted by atomic mass is 19.2. The summed E-state index contributed by atoms with van der Waals surface area (Å²) in [7, 11) is 0. The predicted molar refractivity (Wildman–Crippen MR) is 83.9 cm³/mol. The summed E-state index contributed by atoms with van der Waals surface area (Å²) in [6.45, 7) is 0. The maximum atomic E-state index is 13.4. The summed E-state index contributed by atoms with van der Waals surface area (Å²) in [6.07, 6.45) is 2.91. The van der Waals surface area contributed by atoms with E-state index in [4.69, 9.17) is 0 Å². The number of benzene rings is 2. The third-order valence-corrected chi connectivity index (χ3v) is 3.41. The Labute approximate surface area is 134 Å². The zero-order chi connectivity index (χ0) is 17.3. The highest BCUT2D eigenvalue weighted by Crippen LogP contribution is 2.21. The lowest BCUT2D eigenvalue weighted by Crippen LogP contribution is -2.00. The molecule has 0 bridgehead atoms. The monoisotopic (exact) mass is 329 g/mol. The van der Waals surface area contributed by atoms with Crippen molar-refractivity contribution in [2.45, 2.75) is 0 Å². The minimum absolute atomic E-state index is 0.0232. The molecule has 0 aliphatic rings. The van der Waals surface area contributed by atoms with Gasteiger partial charge in [-0.1, -0.05) is 12.1 Å². The van der Waals surface area contributed by atoms with Crippen LogP contribution in [0.2, 0.25) is 0 Å². The normalized spacial score (nSPS) is 11.3. The molecule has 6 heteroatoms. The van der Waals surface area contributed by atoms with Crippen LogP contribution in [0.3, 0.4) is 0 Å². The van der Waals surface area contributed by atoms with Crippen molar-refractivity contribution in [2.24, 2.45) is 0 Å². The highest BCUT2D eigenvalue weighted by molar-refractivity contribution is 6.03. The predicted octanol–water partition coefficient (Wildman–Crippen LogP) is 4.52. The molecule has 0 saturated heterocycles. The Kier molecular flexibility index (Phi) is 4.04. The van der Waals surface area contributed by atoms with Gasteiger partial charge in [0, 0.05) is 11.5 Å². The zero-order valence-electron chi connectivity index (χ0n) is 12.1. The number of aromatic nitrogens is 1. The average Bonchev–Trinajstić information content (AvgIpc) is 2.54. The molecule has 0 fully saturated rings. The Bertz CT molecular complexity index is 983. The van der Waals surface area contributed by atoms with Crippen molar-refractivity contribution in [3.05, 3.63) is 76.7 Å². The molecule has 0 unspecified atom stereocenters. The topological polar surface area (TPSA) is 50.2 Å². The molecule has 3 rings (SSSR count). The third kappa shape index (κ3) is 3.12. The average molecular weight is 329 g/mol. The Morgan fingerprint density at radius 2 is 1.75 bits per heavy atom. The lowest BCUT2D eigenvalue weighted by Gasteiger charge is -2.04. The fourth-order valence-electron chi connectivity index (χ4n) is 2.28. The number of aromatic carboxylic acids is 1. The van der Waals surface area contributed by atoms with Gasteiger partial charge in [0.05, 0.1) is 16.8 Å². The first-order valence-corrected chi connectivity index (χ1v) is 6.91. The second-order valence-electron chi connectivity index (χ2n) is 5.07. The van der Waals surface area contributed by atoms with Gasteiger partial charge in [0.1, 0.15) is 5.82 Å². The van der Waals surface area contributed by atoms with E-state index >= 15 is 0 Å². The van der Waals surface area contributed by atoms with Crippen molar-refractivity contribution >= 4 is 29.0 Å². The van der Waals surface area contributed by atoms with Gasteiger partial charge in [0.2, 0.25) is 0 Å². The maximum Gasteiger partial charge on any atom is 0.336 e. The molecule has 2 aromatic carbocycles. The summed E-state index contributed by atoms with van der Waals surface area (Å²) >= 11 is 0. The lowest BCUT2D eigenvalue weighted by molar-refractivity contribution is 0.0699. The van der Waals surface area contributed by atoms with Crippen LogP contribution in [0.25, 0.3) is 23.1 Å². The smallest absolute Gasteiger partial charge is 0.336 e. The third-order valence-electron chi connectivity index (χ3n) is 3.41. The van der Waals surface area contributed by atoms with E-state index in [1.54, 1.807) is 0 Å². The standard InChI is InChI=1S/C18H10F3NO2/c19-11-3-5-13-14(18(23)24)9-12(22-17(13)8-11)4-1-10-2-6-15(20)16(21)7-10/h1-9H,(H,23,24)/b4-1+. The molecule has 0 aliphatic heterocycles. The molecule has 1 aromatic heterocycles. The van der Waals surface area contributed by atoms with Crippen LogP contribution in [0.4, 0.5) is 13.2 Å². The Morgan fingerprint density at radius 1 is 0.958 bits per heavy atom. The van der Waals surface area contributed by atoms with Gasteiger partial charge in [-0.2, -0.15) is 0 Å². The summed E-state index contributed by atoms with van der Waals surface area (Å²) in [6, 6.07) is 8.34. The number of halogens is 3. The van der Waals surface area contributed by atoms with E-state index < -0.39 is 23.4 Å². The molecular formula is C18H10F3NO2. The van der Waals surface area contributed by atoms with Gasteiger partial charge in [-0.25, -0.2) is 22.9 Å². The number of carboxylic acid groups (broad SMARTS) is 1. The minimum atomic E-state index is -1.17. The number of hydrogen-bond donors (Lipinski definition) is 1. The van der Waals surface area contributed by atoms with Crippen molar-refractivity contribution < 1.29 is 23.1 Å². The number of carboxylic acids is 1. The van der Waals surface area contributed by atoms with Crippen LogP contribution in [-0.4, -0.2) is 16.1 Å². The summed E-state index contributed by atoms with van der Waals surface area (Å²) in [5.41, 5.74) is 0.812. The molecule has 3 nitrogen and oxygen atoms in total. The number of carbonyl (C=O) groups is 1. The summed E-state index contributed by atoms with van der Waals surface area (Å²) in [5, 5.41) is 9.61. The van der Waals surface area contributed by atoms with Gasteiger partial charge in [-0.15, -0.1) is 0 Å². The van der Waals surface area contributed by atoms with E-state index in [0.29, 0.717) is 10.9 Å². The lowest BCUT2D eigenvalue weighted by atomic mass is 10.1. The first-order valence-electron chi connectivity index (χ1n) is 6.91. The number of pyridine rings is 1. The van der Waals surface area contributed by atoms with Crippen molar-refractivity contribution in [1.82, 2.24) is 4.98 Å². The van der Waals surface area contributed by atoms with E-state index in [9.17, 15) is 23.1 Å². The molecule has 0 atom stereocenters. The zero-order valence-corrected chi connectivity index (χ0v) is 12.1. The molecule has 3 aromatic rings. The van der Waals surface area contributed by atoms with E-state index in [1.165, 1.54) is 30.4 Å². The molecule has 120 valence electrons. The van der Waals surface area contributed by atoms with Gasteiger partial charge >= 0.3 is 5.97 Å². The van der Waals surface area contributed by atoms with E-state index in [-0.39, 0.29) is 16.8 Å². The molecule has 0 amide bonds. The van der Waals surface area contributed by atoms with Crippen LogP contribution < -0.4 is 0 Å². The van der Waals surface area contributed by atoms with Gasteiger partial charge < -0.3 is 5.11 Å². The van der Waals surface area contributed by atoms with Crippen LogP contribution in [0.5, 0.6) is 0 Å². The van der Waals surface area contributed by atoms with Crippen molar-refractivity contribution in [2.75, 3.05) is 0 Å². The van der Waals surface area contributed by atoms with Crippen LogP contribution >= 0.6 is 0 Å². The summed E-state index contributed by atoms with van der Waals surface area (Å²) in [4.78, 5) is 15.5. The number of fused-ring (bicyclic) bond motifs is 1. The highest BCUT2D eigenvalue weighted by Gasteiger charge is 2.11. The largest absolute Gasteiger partial charge is 0.478 e. The number of hydrogen-bond acceptors (Lipinski definition) is 2. The summed E-state index contributed by atoms with van der Waals surface area (Å²) < 4.78 is 39.4. The second kappa shape index (κ2) is 6.16. The Hall–Kier alpha value is -3.15. The van der Waals surface area contributed by atoms with E-state index in [0.717, 1.165) is 24.3 Å². The molecule has 1 heterocycles. The van der Waals surface area contributed by atoms with Crippen LogP contribution in [0, 0.1) is 17.5 Å². The Balaban J connectivity index is 2.07. The Morgan fingerprint density at radius 3 is 2.46 bits per heavy atom. The minimum Gasteiger partial charge on any atom is -0.478 e. The number of nitrogens with zero attached hydrogens (tertiary/aromatic N) is 1. The van der Waals surface area contributed by atoms with Crippen LogP contribution in [-0.2, 0) is 0 Å². The second-order valence-corrected chi connectivity index (χ2v) is 5.07. The molecule has 0 radical (unpaired) electrons. The molecule has 24 heavy (non-hydrogen) atoms. The molecular weight excluding hydrogens is 319 g/mol. The van der Waals surface area contributed by atoms with Crippen LogP contribution in [0.15, 0.2) is 42.5 Å². The van der Waals surface area contributed by atoms with E-state index in [1.807, 2.05) is 0 Å². The summed E-state index contributed by atoms with van der Waals surface area (Å²) in [5.74, 6) is -3.65. The first-order chi connectivity index (χ1) is 11.4. The fourth-order valence-corrected chi connectivity index (χ4v) is 2.28. The van der Waals surface area contributed by atoms with Crippen molar-refractivity contribution in [3.8, 4) is 0 Å². The van der Waals surface area contributed by atoms with Crippen LogP contribution in [0.1, 0.15) is 21.6 Å². The molecule has 0 spiro atoms. The maximum absolute atomic E-state index is 13.4. The fraction of sp³-hybridized carbons (Fsp3) is 0. The molecule has 0 saturated carbocycles. The van der Waals surface area contributed by atoms with Gasteiger partial charge in [-0.3, -0.25) is 0 Å². The number of rotatable bonds is 3. The quantitative estimate of drug-likeness (QED) is 0.768. The molecule has 0 aliphatic carbocycles. The van der Waals surface area contributed by atoms with E-state index in [2.05, 4.69) is 4.98 Å². The van der Waals surface area contributed by atoms with Crippen molar-refractivity contribution in [3.63, 3.8) is 0 Å². The van der Waals surface area contributed by atoms with Crippen molar-refractivity contribution in [1.29, 1.82) is 0 Å².